The first-order chi connectivity index (χ1) is 9.85. The van der Waals surface area contributed by atoms with Gasteiger partial charge in [-0.1, -0.05) is 12.1 Å². The molecule has 1 aromatic carbocycles. The number of hydrogen-bond acceptors (Lipinski definition) is 4. The van der Waals surface area contributed by atoms with Gasteiger partial charge in [0.1, 0.15) is 4.90 Å². The number of anilines is 1. The Balaban J connectivity index is 2.42. The number of aromatic nitrogens is 2. The van der Waals surface area contributed by atoms with E-state index in [0.717, 1.165) is 0 Å². The zero-order valence-corrected chi connectivity index (χ0v) is 12.4. The molecular formula is C13H15N3O4S. The van der Waals surface area contributed by atoms with E-state index in [1.165, 1.54) is 23.1 Å². The molecule has 2 aromatic rings. The highest BCUT2D eigenvalue weighted by Crippen LogP contribution is 2.22. The Bertz CT molecular complexity index is 780. The fourth-order valence-corrected chi connectivity index (χ4v) is 2.92. The molecule has 112 valence electrons. The van der Waals surface area contributed by atoms with Crippen LogP contribution in [0.1, 0.15) is 22.8 Å². The van der Waals surface area contributed by atoms with Crippen molar-refractivity contribution in [1.82, 2.24) is 9.78 Å². The van der Waals surface area contributed by atoms with E-state index in [4.69, 9.17) is 0 Å². The molecule has 0 spiro atoms. The van der Waals surface area contributed by atoms with Gasteiger partial charge in [-0.3, -0.25) is 9.40 Å². The maximum absolute atomic E-state index is 12.3. The Labute approximate surface area is 122 Å². The first kappa shape index (κ1) is 15.0. The van der Waals surface area contributed by atoms with E-state index in [-0.39, 0.29) is 16.1 Å². The van der Waals surface area contributed by atoms with E-state index in [1.54, 1.807) is 19.1 Å². The van der Waals surface area contributed by atoms with Gasteiger partial charge in [-0.2, -0.15) is 5.10 Å². The average Bonchev–Trinajstić information content (AvgIpc) is 2.87. The minimum Gasteiger partial charge on any atom is -0.478 e. The number of carbonyl (C=O) groups is 1. The van der Waals surface area contributed by atoms with Crippen LogP contribution in [0.15, 0.2) is 35.5 Å². The molecule has 8 heteroatoms. The first-order valence-corrected chi connectivity index (χ1v) is 7.71. The van der Waals surface area contributed by atoms with Gasteiger partial charge in [0.15, 0.2) is 0 Å². The molecule has 0 radical (unpaired) electrons. The zero-order valence-electron chi connectivity index (χ0n) is 11.6. The number of hydrogen-bond donors (Lipinski definition) is 2. The highest BCUT2D eigenvalue weighted by Gasteiger charge is 2.21. The number of aromatic carboxylic acids is 1. The van der Waals surface area contributed by atoms with Crippen molar-refractivity contribution in [2.45, 2.75) is 25.3 Å². The third-order valence-corrected chi connectivity index (χ3v) is 4.29. The monoisotopic (exact) mass is 309 g/mol. The van der Waals surface area contributed by atoms with Crippen LogP contribution < -0.4 is 4.72 Å². The largest absolute Gasteiger partial charge is 0.478 e. The fraction of sp³-hybridized carbons (Fsp3) is 0.231. The molecule has 0 bridgehead atoms. The molecule has 21 heavy (non-hydrogen) atoms. The molecule has 0 aliphatic heterocycles. The summed E-state index contributed by atoms with van der Waals surface area (Å²) < 4.78 is 28.3. The van der Waals surface area contributed by atoms with E-state index < -0.39 is 16.0 Å². The van der Waals surface area contributed by atoms with Crippen molar-refractivity contribution in [2.75, 3.05) is 4.72 Å². The minimum atomic E-state index is -3.87. The molecule has 0 unspecified atom stereocenters. The number of nitrogens with one attached hydrogen (secondary N) is 1. The summed E-state index contributed by atoms with van der Waals surface area (Å²) in [5.41, 5.74) is 0.447. The Morgan fingerprint density at radius 2 is 2.14 bits per heavy atom. The van der Waals surface area contributed by atoms with Crippen LogP contribution in [0.2, 0.25) is 0 Å². The van der Waals surface area contributed by atoms with Gasteiger partial charge in [0, 0.05) is 12.7 Å². The first-order valence-electron chi connectivity index (χ1n) is 6.23. The van der Waals surface area contributed by atoms with Crippen LogP contribution >= 0.6 is 0 Å². The molecule has 0 saturated carbocycles. The molecule has 0 fully saturated rings. The molecule has 0 atom stereocenters. The summed E-state index contributed by atoms with van der Waals surface area (Å²) in [5, 5.41) is 13.1. The number of benzene rings is 1. The zero-order chi connectivity index (χ0) is 15.6. The predicted molar refractivity (Wildman–Crippen MR) is 76.8 cm³/mol. The summed E-state index contributed by atoms with van der Waals surface area (Å²) in [6, 6.07) is 4.61. The molecule has 2 N–H and O–H groups in total. The van der Waals surface area contributed by atoms with Crippen molar-refractivity contribution in [3.8, 4) is 0 Å². The van der Waals surface area contributed by atoms with Gasteiger partial charge in [0.25, 0.3) is 10.0 Å². The van der Waals surface area contributed by atoms with Gasteiger partial charge < -0.3 is 5.11 Å². The van der Waals surface area contributed by atoms with Crippen molar-refractivity contribution in [2.24, 2.45) is 0 Å². The minimum absolute atomic E-state index is 0.0119. The highest BCUT2D eigenvalue weighted by molar-refractivity contribution is 7.92. The van der Waals surface area contributed by atoms with Crippen molar-refractivity contribution in [1.29, 1.82) is 0 Å². The smallest absolute Gasteiger partial charge is 0.338 e. The normalized spacial score (nSPS) is 11.3. The molecule has 1 heterocycles. The third-order valence-electron chi connectivity index (χ3n) is 2.97. The average molecular weight is 309 g/mol. The maximum atomic E-state index is 12.3. The second kappa shape index (κ2) is 5.57. The summed E-state index contributed by atoms with van der Waals surface area (Å²) in [7, 11) is -3.87. The molecular weight excluding hydrogens is 294 g/mol. The third kappa shape index (κ3) is 3.05. The Hall–Kier alpha value is -2.35. The Morgan fingerprint density at radius 3 is 2.71 bits per heavy atom. The van der Waals surface area contributed by atoms with Gasteiger partial charge in [-0.15, -0.1) is 0 Å². The molecule has 2 rings (SSSR count). The van der Waals surface area contributed by atoms with E-state index in [0.29, 0.717) is 12.1 Å². The van der Waals surface area contributed by atoms with Crippen molar-refractivity contribution in [3.05, 3.63) is 41.7 Å². The van der Waals surface area contributed by atoms with Crippen LogP contribution in [0.3, 0.4) is 0 Å². The van der Waals surface area contributed by atoms with Crippen molar-refractivity contribution < 1.29 is 18.3 Å². The molecule has 1 aromatic heterocycles. The van der Waals surface area contributed by atoms with Crippen molar-refractivity contribution >= 4 is 21.7 Å². The topological polar surface area (TPSA) is 101 Å². The van der Waals surface area contributed by atoms with Crippen LogP contribution in [0, 0.1) is 6.92 Å². The van der Waals surface area contributed by atoms with Gasteiger partial charge in [0.2, 0.25) is 0 Å². The molecule has 7 nitrogen and oxygen atoms in total. The lowest BCUT2D eigenvalue weighted by Crippen LogP contribution is -2.16. The van der Waals surface area contributed by atoms with E-state index in [9.17, 15) is 18.3 Å². The number of carboxylic acid groups (broad SMARTS) is 1. The van der Waals surface area contributed by atoms with Crippen molar-refractivity contribution in [3.63, 3.8) is 0 Å². The Kier molecular flexibility index (Phi) is 3.99. The van der Waals surface area contributed by atoms with Crippen LogP contribution in [0.25, 0.3) is 0 Å². The highest BCUT2D eigenvalue weighted by atomic mass is 32.2. The fourth-order valence-electron chi connectivity index (χ4n) is 1.90. The van der Waals surface area contributed by atoms with Gasteiger partial charge >= 0.3 is 5.97 Å². The van der Waals surface area contributed by atoms with Crippen LogP contribution in [-0.2, 0) is 16.6 Å². The van der Waals surface area contributed by atoms with Gasteiger partial charge in [-0.25, -0.2) is 13.2 Å². The number of sulfonamides is 1. The standard InChI is InChI=1S/C13H15N3O4S/c1-3-16-8-10(7-14-16)21(19,20)15-11-6-4-5-9(2)12(11)13(17)18/h4-8,15H,3H2,1-2H3,(H,17,18). The number of aryl methyl sites for hydroxylation is 2. The van der Waals surface area contributed by atoms with E-state index >= 15 is 0 Å². The number of rotatable bonds is 5. The summed E-state index contributed by atoms with van der Waals surface area (Å²) in [5.74, 6) is -1.19. The Morgan fingerprint density at radius 1 is 1.43 bits per heavy atom. The summed E-state index contributed by atoms with van der Waals surface area (Å²) in [4.78, 5) is 11.3. The lowest BCUT2D eigenvalue weighted by Gasteiger charge is -2.11. The van der Waals surface area contributed by atoms with Crippen LogP contribution in [0.4, 0.5) is 5.69 Å². The van der Waals surface area contributed by atoms with E-state index in [1.807, 2.05) is 6.92 Å². The number of nitrogens with zero attached hydrogens (tertiary/aromatic N) is 2. The second-order valence-electron chi connectivity index (χ2n) is 4.44. The van der Waals surface area contributed by atoms with Crippen LogP contribution in [0.5, 0.6) is 0 Å². The summed E-state index contributed by atoms with van der Waals surface area (Å²) in [6.45, 7) is 3.98. The van der Waals surface area contributed by atoms with Gasteiger partial charge in [0.05, 0.1) is 17.4 Å². The molecule has 0 amide bonds. The quantitative estimate of drug-likeness (QED) is 0.875. The van der Waals surface area contributed by atoms with Gasteiger partial charge in [-0.05, 0) is 25.5 Å². The summed E-state index contributed by atoms with van der Waals surface area (Å²) in [6.07, 6.45) is 2.61. The predicted octanol–water partition coefficient (Wildman–Crippen LogP) is 1.71. The molecule has 0 saturated heterocycles. The number of carboxylic acids is 1. The maximum Gasteiger partial charge on any atom is 0.338 e. The lowest BCUT2D eigenvalue weighted by atomic mass is 10.1. The molecule has 0 aliphatic carbocycles. The second-order valence-corrected chi connectivity index (χ2v) is 6.12. The SMILES string of the molecule is CCn1cc(S(=O)(=O)Nc2cccc(C)c2C(=O)O)cn1. The molecule has 0 aliphatic rings. The lowest BCUT2D eigenvalue weighted by molar-refractivity contribution is 0.0697. The van der Waals surface area contributed by atoms with Crippen LogP contribution in [-0.4, -0.2) is 29.3 Å². The summed E-state index contributed by atoms with van der Waals surface area (Å²) >= 11 is 0. The van der Waals surface area contributed by atoms with E-state index in [2.05, 4.69) is 9.82 Å².